The summed E-state index contributed by atoms with van der Waals surface area (Å²) in [4.78, 5) is 0. The molecule has 2 aromatic heterocycles. The molecule has 0 aliphatic rings. The zero-order chi connectivity index (χ0) is 8.55. The SMILES string of the molecule is CC(C)c1occ2cnncc12. The highest BCUT2D eigenvalue weighted by Crippen LogP contribution is 2.25. The molecule has 0 saturated carbocycles. The van der Waals surface area contributed by atoms with E-state index in [2.05, 4.69) is 24.0 Å². The fourth-order valence-electron chi connectivity index (χ4n) is 1.27. The molecule has 3 nitrogen and oxygen atoms in total. The van der Waals surface area contributed by atoms with Crippen LogP contribution in [0, 0.1) is 0 Å². The third kappa shape index (κ3) is 0.978. The minimum absolute atomic E-state index is 0.395. The van der Waals surface area contributed by atoms with Gasteiger partial charge in [0.15, 0.2) is 0 Å². The maximum Gasteiger partial charge on any atom is 0.115 e. The highest BCUT2D eigenvalue weighted by molar-refractivity contribution is 5.82. The molecule has 0 aromatic carbocycles. The van der Waals surface area contributed by atoms with E-state index in [1.807, 2.05) is 0 Å². The predicted molar refractivity (Wildman–Crippen MR) is 45.9 cm³/mol. The van der Waals surface area contributed by atoms with Gasteiger partial charge in [0.25, 0.3) is 0 Å². The topological polar surface area (TPSA) is 38.9 Å². The summed E-state index contributed by atoms with van der Waals surface area (Å²) in [6.45, 7) is 4.19. The van der Waals surface area contributed by atoms with Crippen LogP contribution < -0.4 is 0 Å². The molecule has 0 radical (unpaired) electrons. The van der Waals surface area contributed by atoms with Crippen LogP contribution in [0.4, 0.5) is 0 Å². The fraction of sp³-hybridized carbons (Fsp3) is 0.333. The Morgan fingerprint density at radius 2 is 2.00 bits per heavy atom. The molecule has 0 saturated heterocycles. The minimum Gasteiger partial charge on any atom is -0.468 e. The van der Waals surface area contributed by atoms with Gasteiger partial charge in [-0.3, -0.25) is 0 Å². The van der Waals surface area contributed by atoms with Crippen LogP contribution >= 0.6 is 0 Å². The predicted octanol–water partition coefficient (Wildman–Crippen LogP) is 2.35. The lowest BCUT2D eigenvalue weighted by Gasteiger charge is -1.98. The van der Waals surface area contributed by atoms with E-state index >= 15 is 0 Å². The van der Waals surface area contributed by atoms with E-state index in [0.717, 1.165) is 16.5 Å². The smallest absolute Gasteiger partial charge is 0.115 e. The standard InChI is InChI=1S/C9H10N2O/c1-6(2)9-8-4-11-10-3-7(8)5-12-9/h3-6H,1-2H3. The Balaban J connectivity index is 2.70. The number of hydrogen-bond donors (Lipinski definition) is 0. The van der Waals surface area contributed by atoms with Crippen molar-refractivity contribution in [2.45, 2.75) is 19.8 Å². The Bertz CT molecular complexity index is 392. The number of furan rings is 1. The zero-order valence-electron chi connectivity index (χ0n) is 7.11. The molecule has 12 heavy (non-hydrogen) atoms. The molecular formula is C9H10N2O. The molecule has 0 amide bonds. The summed E-state index contributed by atoms with van der Waals surface area (Å²) in [7, 11) is 0. The van der Waals surface area contributed by atoms with E-state index in [1.165, 1.54) is 0 Å². The van der Waals surface area contributed by atoms with E-state index in [0.29, 0.717) is 5.92 Å². The molecular weight excluding hydrogens is 152 g/mol. The van der Waals surface area contributed by atoms with Crippen molar-refractivity contribution in [3.8, 4) is 0 Å². The quantitative estimate of drug-likeness (QED) is 0.646. The van der Waals surface area contributed by atoms with Crippen LogP contribution in [0.25, 0.3) is 10.8 Å². The van der Waals surface area contributed by atoms with Crippen molar-refractivity contribution in [1.29, 1.82) is 0 Å². The second kappa shape index (κ2) is 2.59. The van der Waals surface area contributed by atoms with Crippen molar-refractivity contribution < 1.29 is 4.42 Å². The normalized spacial score (nSPS) is 11.2. The van der Waals surface area contributed by atoms with E-state index in [4.69, 9.17) is 4.42 Å². The average Bonchev–Trinajstić information content (AvgIpc) is 2.47. The van der Waals surface area contributed by atoms with Gasteiger partial charge in [0, 0.05) is 16.7 Å². The summed E-state index contributed by atoms with van der Waals surface area (Å²) in [6, 6.07) is 0. The molecule has 0 bridgehead atoms. The summed E-state index contributed by atoms with van der Waals surface area (Å²) in [5.74, 6) is 1.38. The van der Waals surface area contributed by atoms with Gasteiger partial charge in [-0.25, -0.2) is 0 Å². The molecule has 0 aliphatic carbocycles. The van der Waals surface area contributed by atoms with Crippen LogP contribution in [-0.2, 0) is 0 Å². The molecule has 2 aromatic rings. The molecule has 0 N–H and O–H groups in total. The Morgan fingerprint density at radius 3 is 2.75 bits per heavy atom. The lowest BCUT2D eigenvalue weighted by atomic mass is 10.1. The van der Waals surface area contributed by atoms with E-state index in [1.54, 1.807) is 18.7 Å². The van der Waals surface area contributed by atoms with Crippen molar-refractivity contribution in [3.05, 3.63) is 24.4 Å². The van der Waals surface area contributed by atoms with E-state index in [9.17, 15) is 0 Å². The first-order chi connectivity index (χ1) is 5.79. The Labute approximate surface area is 70.4 Å². The zero-order valence-corrected chi connectivity index (χ0v) is 7.11. The van der Waals surface area contributed by atoms with Gasteiger partial charge in [0.2, 0.25) is 0 Å². The average molecular weight is 162 g/mol. The Morgan fingerprint density at radius 1 is 1.25 bits per heavy atom. The van der Waals surface area contributed by atoms with Gasteiger partial charge >= 0.3 is 0 Å². The molecule has 0 unspecified atom stereocenters. The maximum atomic E-state index is 5.40. The van der Waals surface area contributed by atoms with E-state index < -0.39 is 0 Å². The summed E-state index contributed by atoms with van der Waals surface area (Å²) < 4.78 is 5.40. The highest BCUT2D eigenvalue weighted by atomic mass is 16.3. The third-order valence-electron chi connectivity index (χ3n) is 1.86. The van der Waals surface area contributed by atoms with Crippen LogP contribution in [0.1, 0.15) is 25.5 Å². The number of rotatable bonds is 1. The van der Waals surface area contributed by atoms with Crippen molar-refractivity contribution in [3.63, 3.8) is 0 Å². The molecule has 62 valence electrons. The molecule has 0 atom stereocenters. The first-order valence-corrected chi connectivity index (χ1v) is 3.97. The first-order valence-electron chi connectivity index (χ1n) is 3.97. The summed E-state index contributed by atoms with van der Waals surface area (Å²) in [6.07, 6.45) is 5.18. The van der Waals surface area contributed by atoms with Gasteiger partial charge in [0.05, 0.1) is 12.4 Å². The maximum absolute atomic E-state index is 5.40. The minimum atomic E-state index is 0.395. The van der Waals surface area contributed by atoms with Crippen molar-refractivity contribution >= 4 is 10.8 Å². The Hall–Kier alpha value is -1.38. The van der Waals surface area contributed by atoms with Gasteiger partial charge in [-0.2, -0.15) is 10.2 Å². The molecule has 0 spiro atoms. The lowest BCUT2D eigenvalue weighted by molar-refractivity contribution is 0.492. The second-order valence-corrected chi connectivity index (χ2v) is 3.11. The molecule has 0 fully saturated rings. The monoisotopic (exact) mass is 162 g/mol. The van der Waals surface area contributed by atoms with Crippen LogP contribution in [0.3, 0.4) is 0 Å². The molecule has 3 heteroatoms. The van der Waals surface area contributed by atoms with Crippen molar-refractivity contribution in [2.24, 2.45) is 0 Å². The lowest BCUT2D eigenvalue weighted by Crippen LogP contribution is -1.85. The van der Waals surface area contributed by atoms with E-state index in [-0.39, 0.29) is 0 Å². The fourth-order valence-corrected chi connectivity index (χ4v) is 1.27. The molecule has 2 rings (SSSR count). The van der Waals surface area contributed by atoms with Gasteiger partial charge in [-0.1, -0.05) is 13.8 Å². The number of fused-ring (bicyclic) bond motifs is 1. The molecule has 0 aliphatic heterocycles. The van der Waals surface area contributed by atoms with Gasteiger partial charge in [0.1, 0.15) is 12.0 Å². The number of nitrogens with zero attached hydrogens (tertiary/aromatic N) is 2. The third-order valence-corrected chi connectivity index (χ3v) is 1.86. The van der Waals surface area contributed by atoms with Crippen LogP contribution in [0.15, 0.2) is 23.1 Å². The summed E-state index contributed by atoms with van der Waals surface area (Å²) in [5, 5.41) is 9.69. The Kier molecular flexibility index (Phi) is 1.57. The summed E-state index contributed by atoms with van der Waals surface area (Å²) >= 11 is 0. The molecule has 2 heterocycles. The van der Waals surface area contributed by atoms with Crippen molar-refractivity contribution in [1.82, 2.24) is 10.2 Å². The summed E-state index contributed by atoms with van der Waals surface area (Å²) in [5.41, 5.74) is 0. The van der Waals surface area contributed by atoms with Crippen LogP contribution in [0.5, 0.6) is 0 Å². The van der Waals surface area contributed by atoms with Crippen LogP contribution in [0.2, 0.25) is 0 Å². The van der Waals surface area contributed by atoms with Gasteiger partial charge in [-0.15, -0.1) is 0 Å². The number of aromatic nitrogens is 2. The van der Waals surface area contributed by atoms with Crippen LogP contribution in [-0.4, -0.2) is 10.2 Å². The van der Waals surface area contributed by atoms with Gasteiger partial charge in [-0.05, 0) is 0 Å². The highest BCUT2D eigenvalue weighted by Gasteiger charge is 2.09. The van der Waals surface area contributed by atoms with Crippen molar-refractivity contribution in [2.75, 3.05) is 0 Å². The second-order valence-electron chi connectivity index (χ2n) is 3.11. The first kappa shape index (κ1) is 7.28. The largest absolute Gasteiger partial charge is 0.468 e. The van der Waals surface area contributed by atoms with Gasteiger partial charge < -0.3 is 4.42 Å². The number of hydrogen-bond acceptors (Lipinski definition) is 3.